The number of nitrogens with zero attached hydrogens (tertiary/aromatic N) is 2. The highest BCUT2D eigenvalue weighted by Gasteiger charge is 2.15. The van der Waals surface area contributed by atoms with E-state index in [2.05, 4.69) is 4.98 Å². The van der Waals surface area contributed by atoms with Gasteiger partial charge in [0.25, 0.3) is 5.56 Å². The third-order valence-electron chi connectivity index (χ3n) is 2.54. The van der Waals surface area contributed by atoms with Crippen LogP contribution in [0.25, 0.3) is 5.69 Å². The SMILES string of the molecule is CSc1[nH]c(=O)n(-c2ccc(Cl)c(Cl)c2)c(=O)c1C#N. The Labute approximate surface area is 127 Å². The van der Waals surface area contributed by atoms with Crippen LogP contribution >= 0.6 is 35.0 Å². The highest BCUT2D eigenvalue weighted by Crippen LogP contribution is 2.23. The number of thioether (sulfide) groups is 1. The number of aromatic nitrogens is 2. The molecule has 0 aliphatic rings. The summed E-state index contributed by atoms with van der Waals surface area (Å²) in [6, 6.07) is 6.13. The van der Waals surface area contributed by atoms with Gasteiger partial charge >= 0.3 is 5.69 Å². The maximum absolute atomic E-state index is 12.2. The normalized spacial score (nSPS) is 10.3. The van der Waals surface area contributed by atoms with Crippen LogP contribution in [0.15, 0.2) is 32.8 Å². The molecule has 0 bridgehead atoms. The van der Waals surface area contributed by atoms with Crippen LogP contribution in [0.2, 0.25) is 10.0 Å². The fourth-order valence-electron chi connectivity index (χ4n) is 1.63. The predicted octanol–water partition coefficient (Wildman–Crippen LogP) is 2.43. The molecule has 0 saturated heterocycles. The van der Waals surface area contributed by atoms with Crippen molar-refractivity contribution in [1.82, 2.24) is 9.55 Å². The second-order valence-corrected chi connectivity index (χ2v) is 5.32. The second kappa shape index (κ2) is 5.75. The minimum absolute atomic E-state index is 0.122. The predicted molar refractivity (Wildman–Crippen MR) is 79.2 cm³/mol. The number of hydrogen-bond donors (Lipinski definition) is 1. The second-order valence-electron chi connectivity index (χ2n) is 3.69. The lowest BCUT2D eigenvalue weighted by Gasteiger charge is -2.08. The van der Waals surface area contributed by atoms with Crippen LogP contribution in [0.4, 0.5) is 0 Å². The molecule has 0 spiro atoms. The number of nitrogens with one attached hydrogen (secondary N) is 1. The number of H-pyrrole nitrogens is 1. The Balaban J connectivity index is 2.82. The number of aromatic amines is 1. The third kappa shape index (κ3) is 2.48. The summed E-state index contributed by atoms with van der Waals surface area (Å²) in [6.45, 7) is 0. The monoisotopic (exact) mass is 327 g/mol. The molecule has 20 heavy (non-hydrogen) atoms. The van der Waals surface area contributed by atoms with Crippen molar-refractivity contribution in [2.75, 3.05) is 6.26 Å². The molecule has 2 aromatic rings. The maximum Gasteiger partial charge on any atom is 0.333 e. The van der Waals surface area contributed by atoms with Crippen LogP contribution in [-0.4, -0.2) is 15.8 Å². The third-order valence-corrected chi connectivity index (χ3v) is 4.00. The number of hydrogen-bond acceptors (Lipinski definition) is 4. The first kappa shape index (κ1) is 14.7. The van der Waals surface area contributed by atoms with E-state index < -0.39 is 11.2 Å². The lowest BCUT2D eigenvalue weighted by Crippen LogP contribution is -2.35. The molecule has 1 aromatic heterocycles. The van der Waals surface area contributed by atoms with Crippen molar-refractivity contribution in [3.8, 4) is 11.8 Å². The van der Waals surface area contributed by atoms with Gasteiger partial charge in [0.2, 0.25) is 0 Å². The zero-order chi connectivity index (χ0) is 14.9. The van der Waals surface area contributed by atoms with E-state index in [-0.39, 0.29) is 21.3 Å². The van der Waals surface area contributed by atoms with Crippen molar-refractivity contribution < 1.29 is 0 Å². The van der Waals surface area contributed by atoms with Crippen molar-refractivity contribution in [3.63, 3.8) is 0 Å². The Bertz CT molecular complexity index is 836. The number of nitriles is 1. The van der Waals surface area contributed by atoms with Crippen molar-refractivity contribution in [2.45, 2.75) is 5.03 Å². The van der Waals surface area contributed by atoms with Gasteiger partial charge in [0.15, 0.2) is 0 Å². The van der Waals surface area contributed by atoms with Crippen molar-refractivity contribution >= 4 is 35.0 Å². The van der Waals surface area contributed by atoms with Gasteiger partial charge in [-0.2, -0.15) is 5.26 Å². The molecule has 0 atom stereocenters. The van der Waals surface area contributed by atoms with Gasteiger partial charge in [0.1, 0.15) is 11.6 Å². The van der Waals surface area contributed by atoms with Gasteiger partial charge in [-0.25, -0.2) is 9.36 Å². The lowest BCUT2D eigenvalue weighted by atomic mass is 10.3. The fourth-order valence-corrected chi connectivity index (χ4v) is 2.45. The molecule has 5 nitrogen and oxygen atoms in total. The first-order chi connectivity index (χ1) is 9.49. The van der Waals surface area contributed by atoms with Crippen LogP contribution < -0.4 is 11.2 Å². The van der Waals surface area contributed by atoms with Crippen molar-refractivity contribution in [1.29, 1.82) is 5.26 Å². The summed E-state index contributed by atoms with van der Waals surface area (Å²) in [4.78, 5) is 26.7. The first-order valence-corrected chi connectivity index (χ1v) is 7.26. The fraction of sp³-hybridized carbons (Fsp3) is 0.0833. The van der Waals surface area contributed by atoms with E-state index in [1.807, 2.05) is 0 Å². The van der Waals surface area contributed by atoms with Crippen LogP contribution in [0, 0.1) is 11.3 Å². The summed E-state index contributed by atoms with van der Waals surface area (Å²) in [5.74, 6) is 0. The zero-order valence-corrected chi connectivity index (χ0v) is 12.4. The summed E-state index contributed by atoms with van der Waals surface area (Å²) < 4.78 is 0.848. The maximum atomic E-state index is 12.2. The summed E-state index contributed by atoms with van der Waals surface area (Å²) in [7, 11) is 0. The number of benzene rings is 1. The molecular weight excluding hydrogens is 321 g/mol. The molecule has 0 unspecified atom stereocenters. The molecule has 8 heteroatoms. The molecule has 102 valence electrons. The number of rotatable bonds is 2. The van der Waals surface area contributed by atoms with Gasteiger partial charge in [0.05, 0.1) is 20.8 Å². The number of halogens is 2. The van der Waals surface area contributed by atoms with E-state index in [0.29, 0.717) is 5.02 Å². The molecule has 0 radical (unpaired) electrons. The molecule has 0 fully saturated rings. The van der Waals surface area contributed by atoms with Crippen LogP contribution in [0.3, 0.4) is 0 Å². The Morgan fingerprint density at radius 2 is 2.00 bits per heavy atom. The molecule has 1 aromatic carbocycles. The van der Waals surface area contributed by atoms with Crippen molar-refractivity contribution in [2.24, 2.45) is 0 Å². The van der Waals surface area contributed by atoms with Gasteiger partial charge in [-0.3, -0.25) is 4.79 Å². The Morgan fingerprint density at radius 1 is 1.30 bits per heavy atom. The summed E-state index contributed by atoms with van der Waals surface area (Å²) >= 11 is 12.8. The molecule has 0 aliphatic carbocycles. The zero-order valence-electron chi connectivity index (χ0n) is 10.1. The molecule has 1 heterocycles. The molecule has 0 amide bonds. The van der Waals surface area contributed by atoms with E-state index in [9.17, 15) is 9.59 Å². The smallest absolute Gasteiger partial charge is 0.300 e. The summed E-state index contributed by atoms with van der Waals surface area (Å²) in [5.41, 5.74) is -1.21. The highest BCUT2D eigenvalue weighted by molar-refractivity contribution is 7.98. The largest absolute Gasteiger partial charge is 0.333 e. The van der Waals surface area contributed by atoms with E-state index in [1.165, 1.54) is 18.2 Å². The quantitative estimate of drug-likeness (QED) is 0.678. The minimum Gasteiger partial charge on any atom is -0.300 e. The Kier molecular flexibility index (Phi) is 4.23. The molecule has 2 rings (SSSR count). The topological polar surface area (TPSA) is 78.7 Å². The molecule has 0 saturated carbocycles. The minimum atomic E-state index is -0.695. The first-order valence-electron chi connectivity index (χ1n) is 5.28. The lowest BCUT2D eigenvalue weighted by molar-refractivity contribution is 0.824. The Morgan fingerprint density at radius 3 is 2.55 bits per heavy atom. The average Bonchev–Trinajstić information content (AvgIpc) is 2.42. The van der Waals surface area contributed by atoms with E-state index in [0.717, 1.165) is 16.3 Å². The van der Waals surface area contributed by atoms with E-state index >= 15 is 0 Å². The van der Waals surface area contributed by atoms with Gasteiger partial charge in [0, 0.05) is 0 Å². The molecule has 1 N–H and O–H groups in total. The van der Waals surface area contributed by atoms with Gasteiger partial charge in [-0.1, -0.05) is 23.2 Å². The van der Waals surface area contributed by atoms with Crippen LogP contribution in [0.1, 0.15) is 5.56 Å². The van der Waals surface area contributed by atoms with Gasteiger partial charge in [-0.15, -0.1) is 11.8 Å². The van der Waals surface area contributed by atoms with Crippen LogP contribution in [-0.2, 0) is 0 Å². The van der Waals surface area contributed by atoms with Gasteiger partial charge < -0.3 is 4.98 Å². The molecule has 0 aliphatic heterocycles. The van der Waals surface area contributed by atoms with Gasteiger partial charge in [-0.05, 0) is 24.5 Å². The van der Waals surface area contributed by atoms with Crippen molar-refractivity contribution in [3.05, 3.63) is 54.6 Å². The van der Waals surface area contributed by atoms with Crippen LogP contribution in [0.5, 0.6) is 0 Å². The summed E-state index contributed by atoms with van der Waals surface area (Å²) in [6.07, 6.45) is 1.66. The van der Waals surface area contributed by atoms with E-state index in [4.69, 9.17) is 28.5 Å². The highest BCUT2D eigenvalue weighted by atomic mass is 35.5. The standard InChI is InChI=1S/C12H7Cl2N3O2S/c1-20-10-7(5-15)11(18)17(12(19)16-10)6-2-3-8(13)9(14)4-6/h2-4H,1H3,(H,16,19). The molecular formula is C12H7Cl2N3O2S. The average molecular weight is 328 g/mol. The summed E-state index contributed by atoms with van der Waals surface area (Å²) in [5, 5.41) is 9.80. The Hall–Kier alpha value is -1.68. The van der Waals surface area contributed by atoms with E-state index in [1.54, 1.807) is 12.3 Å².